The summed E-state index contributed by atoms with van der Waals surface area (Å²) in [5.74, 6) is 0.680. The smallest absolute Gasteiger partial charge is 0.244 e. The van der Waals surface area contributed by atoms with Gasteiger partial charge in [-0.05, 0) is 20.0 Å². The van der Waals surface area contributed by atoms with Crippen molar-refractivity contribution >= 4 is 10.0 Å². The molecule has 0 bridgehead atoms. The van der Waals surface area contributed by atoms with Crippen LogP contribution in [0.1, 0.15) is 18.1 Å². The van der Waals surface area contributed by atoms with Gasteiger partial charge in [0.05, 0.1) is 12.7 Å². The molecule has 0 radical (unpaired) electrons. The van der Waals surface area contributed by atoms with Gasteiger partial charge in [-0.15, -0.1) is 0 Å². The van der Waals surface area contributed by atoms with E-state index in [4.69, 9.17) is 4.52 Å². The molecule has 0 saturated carbocycles. The highest BCUT2D eigenvalue weighted by molar-refractivity contribution is 7.89. The number of nitrogens with zero attached hydrogens (tertiary/aromatic N) is 4. The maximum atomic E-state index is 12.1. The van der Waals surface area contributed by atoms with Crippen molar-refractivity contribution in [3.05, 3.63) is 24.1 Å². The van der Waals surface area contributed by atoms with Crippen molar-refractivity contribution in [1.29, 1.82) is 0 Å². The molecule has 0 aliphatic rings. The van der Waals surface area contributed by atoms with Crippen molar-refractivity contribution in [2.75, 3.05) is 13.6 Å². The lowest BCUT2D eigenvalue weighted by atomic mass is 10.4. The predicted octanol–water partition coefficient (Wildman–Crippen LogP) is -0.337. The van der Waals surface area contributed by atoms with E-state index in [1.165, 1.54) is 12.4 Å². The molecule has 0 amide bonds. The lowest BCUT2D eigenvalue weighted by molar-refractivity contribution is 0.387. The summed E-state index contributed by atoms with van der Waals surface area (Å²) in [5.41, 5.74) is 0. The van der Waals surface area contributed by atoms with Gasteiger partial charge in [0, 0.05) is 19.7 Å². The second kappa shape index (κ2) is 6.78. The van der Waals surface area contributed by atoms with Crippen LogP contribution in [0.2, 0.25) is 0 Å². The first-order valence-corrected chi connectivity index (χ1v) is 7.95. The molecule has 10 heteroatoms. The second-order valence-corrected chi connectivity index (χ2v) is 6.22. The summed E-state index contributed by atoms with van der Waals surface area (Å²) in [7, 11) is -1.77. The number of sulfonamides is 1. The minimum atomic E-state index is -3.63. The van der Waals surface area contributed by atoms with Crippen molar-refractivity contribution in [3.8, 4) is 0 Å². The fraction of sp³-hybridized carbons (Fsp3) is 0.545. The third kappa shape index (κ3) is 4.34. The highest BCUT2D eigenvalue weighted by atomic mass is 32.2. The van der Waals surface area contributed by atoms with Gasteiger partial charge in [-0.2, -0.15) is 10.1 Å². The van der Waals surface area contributed by atoms with Crippen molar-refractivity contribution in [2.24, 2.45) is 0 Å². The molecule has 0 fully saturated rings. The summed E-state index contributed by atoms with van der Waals surface area (Å²) in [4.78, 5) is 4.05. The molecule has 21 heavy (non-hydrogen) atoms. The summed E-state index contributed by atoms with van der Waals surface area (Å²) in [5, 5.41) is 10.7. The number of aryl methyl sites for hydroxylation is 2. The molecule has 2 heterocycles. The molecular formula is C11H18N6O3S. The summed E-state index contributed by atoms with van der Waals surface area (Å²) in [6.45, 7) is 3.11. The zero-order valence-corrected chi connectivity index (χ0v) is 12.7. The normalized spacial score (nSPS) is 11.9. The van der Waals surface area contributed by atoms with Crippen LogP contribution in [-0.4, -0.2) is 41.9 Å². The molecule has 0 aliphatic heterocycles. The maximum absolute atomic E-state index is 12.1. The van der Waals surface area contributed by atoms with E-state index in [1.54, 1.807) is 11.6 Å². The molecular weight excluding hydrogens is 296 g/mol. The largest absolute Gasteiger partial charge is 0.340 e. The Morgan fingerprint density at radius 1 is 1.43 bits per heavy atom. The Bertz CT molecular complexity index is 678. The van der Waals surface area contributed by atoms with E-state index in [9.17, 15) is 8.42 Å². The minimum Gasteiger partial charge on any atom is -0.340 e. The van der Waals surface area contributed by atoms with Crippen molar-refractivity contribution in [2.45, 2.75) is 31.3 Å². The zero-order chi connectivity index (χ0) is 15.3. The Hall–Kier alpha value is -1.78. The number of hydrogen-bond donors (Lipinski definition) is 2. The van der Waals surface area contributed by atoms with Gasteiger partial charge in [-0.25, -0.2) is 13.1 Å². The van der Waals surface area contributed by atoms with Crippen LogP contribution in [-0.2, 0) is 23.1 Å². The number of nitrogens with one attached hydrogen (secondary N) is 2. The van der Waals surface area contributed by atoms with Crippen molar-refractivity contribution in [3.63, 3.8) is 0 Å². The van der Waals surface area contributed by atoms with E-state index >= 15 is 0 Å². The summed E-state index contributed by atoms with van der Waals surface area (Å²) < 4.78 is 33.0. The lowest BCUT2D eigenvalue weighted by Gasteiger charge is -2.02. The zero-order valence-electron chi connectivity index (χ0n) is 11.9. The van der Waals surface area contributed by atoms with Crippen LogP contribution in [0, 0.1) is 6.92 Å². The highest BCUT2D eigenvalue weighted by Gasteiger charge is 2.17. The molecule has 0 aromatic carbocycles. The Balaban J connectivity index is 1.95. The molecule has 0 atom stereocenters. The van der Waals surface area contributed by atoms with Crippen LogP contribution < -0.4 is 10.0 Å². The van der Waals surface area contributed by atoms with Gasteiger partial charge in [-0.3, -0.25) is 4.68 Å². The van der Waals surface area contributed by atoms with Crippen LogP contribution in [0.4, 0.5) is 0 Å². The van der Waals surface area contributed by atoms with E-state index in [1.807, 2.05) is 7.05 Å². The van der Waals surface area contributed by atoms with Gasteiger partial charge in [0.25, 0.3) is 0 Å². The molecule has 2 N–H and O–H groups in total. The molecule has 0 spiro atoms. The van der Waals surface area contributed by atoms with Gasteiger partial charge in [0.15, 0.2) is 5.82 Å². The lowest BCUT2D eigenvalue weighted by Crippen LogP contribution is -2.23. The van der Waals surface area contributed by atoms with E-state index in [-0.39, 0.29) is 17.3 Å². The van der Waals surface area contributed by atoms with Crippen LogP contribution in [0.25, 0.3) is 0 Å². The van der Waals surface area contributed by atoms with Gasteiger partial charge in [0.1, 0.15) is 4.90 Å². The van der Waals surface area contributed by atoms with Gasteiger partial charge in [-0.1, -0.05) is 5.16 Å². The van der Waals surface area contributed by atoms with Crippen LogP contribution in [0.3, 0.4) is 0 Å². The third-order valence-corrected chi connectivity index (χ3v) is 4.08. The Labute approximate surface area is 122 Å². The predicted molar refractivity (Wildman–Crippen MR) is 73.8 cm³/mol. The maximum Gasteiger partial charge on any atom is 0.244 e. The average Bonchev–Trinajstić information content (AvgIpc) is 3.06. The van der Waals surface area contributed by atoms with E-state index in [0.29, 0.717) is 12.4 Å². The molecule has 0 aliphatic carbocycles. The Morgan fingerprint density at radius 2 is 2.24 bits per heavy atom. The molecule has 2 aromatic rings. The van der Waals surface area contributed by atoms with Gasteiger partial charge < -0.3 is 9.84 Å². The fourth-order valence-electron chi connectivity index (χ4n) is 1.68. The molecule has 9 nitrogen and oxygen atoms in total. The average molecular weight is 314 g/mol. The standard InChI is InChI=1S/C11H18N6O3S/c1-9-15-11(16-20-9)7-14-21(18,19)10-6-13-17(8-10)5-3-4-12-2/h6,8,12,14H,3-5,7H2,1-2H3. The summed E-state index contributed by atoms with van der Waals surface area (Å²) in [6.07, 6.45) is 3.69. The molecule has 2 rings (SSSR count). The van der Waals surface area contributed by atoms with E-state index in [2.05, 4.69) is 25.3 Å². The molecule has 0 saturated heterocycles. The third-order valence-electron chi connectivity index (χ3n) is 2.72. The number of rotatable bonds is 8. The monoisotopic (exact) mass is 314 g/mol. The number of aromatic nitrogens is 4. The quantitative estimate of drug-likeness (QED) is 0.641. The van der Waals surface area contributed by atoms with Crippen LogP contribution >= 0.6 is 0 Å². The van der Waals surface area contributed by atoms with Crippen molar-refractivity contribution < 1.29 is 12.9 Å². The van der Waals surface area contributed by atoms with Gasteiger partial charge in [0.2, 0.25) is 15.9 Å². The molecule has 2 aromatic heterocycles. The fourth-order valence-corrected chi connectivity index (χ4v) is 2.61. The highest BCUT2D eigenvalue weighted by Crippen LogP contribution is 2.08. The minimum absolute atomic E-state index is 0.0232. The summed E-state index contributed by atoms with van der Waals surface area (Å²) >= 11 is 0. The summed E-state index contributed by atoms with van der Waals surface area (Å²) in [6, 6.07) is 0. The Kier molecular flexibility index (Phi) is 5.04. The van der Waals surface area contributed by atoms with E-state index < -0.39 is 10.0 Å². The van der Waals surface area contributed by atoms with Crippen molar-refractivity contribution in [1.82, 2.24) is 30.0 Å². The Morgan fingerprint density at radius 3 is 2.90 bits per heavy atom. The first kappa shape index (κ1) is 15.6. The SMILES string of the molecule is CNCCCn1cc(S(=O)(=O)NCc2noc(C)n2)cn1. The molecule has 0 unspecified atom stereocenters. The van der Waals surface area contributed by atoms with Crippen LogP contribution in [0.5, 0.6) is 0 Å². The topological polar surface area (TPSA) is 115 Å². The van der Waals surface area contributed by atoms with E-state index in [0.717, 1.165) is 13.0 Å². The van der Waals surface area contributed by atoms with Gasteiger partial charge >= 0.3 is 0 Å². The number of hydrogen-bond acceptors (Lipinski definition) is 7. The first-order valence-electron chi connectivity index (χ1n) is 6.47. The first-order chi connectivity index (χ1) is 10.0. The molecule has 116 valence electrons. The second-order valence-electron chi connectivity index (χ2n) is 4.45. The van der Waals surface area contributed by atoms with Crippen LogP contribution in [0.15, 0.2) is 21.8 Å².